The molecule has 0 aliphatic heterocycles. The SMILES string of the molecule is CN(C)C(=O)c1ccc2ccc(C(=O)N(C)C)c-2cc1. The predicted octanol–water partition coefficient (Wildman–Crippen LogP) is 2.20. The number of hydrogen-bond donors (Lipinski definition) is 0. The van der Waals surface area contributed by atoms with Crippen molar-refractivity contribution in [2.75, 3.05) is 28.2 Å². The molecule has 0 aromatic heterocycles. The Hall–Kier alpha value is -2.36. The molecule has 0 aromatic rings. The van der Waals surface area contributed by atoms with E-state index in [0.717, 1.165) is 11.1 Å². The van der Waals surface area contributed by atoms with E-state index in [1.165, 1.54) is 4.90 Å². The lowest BCUT2D eigenvalue weighted by Gasteiger charge is -2.10. The van der Waals surface area contributed by atoms with Crippen LogP contribution in [0.3, 0.4) is 0 Å². The van der Waals surface area contributed by atoms with Crippen LogP contribution in [0.25, 0.3) is 11.1 Å². The number of nitrogens with zero attached hydrogens (tertiary/aromatic N) is 2. The molecule has 0 bridgehead atoms. The van der Waals surface area contributed by atoms with Crippen LogP contribution in [-0.4, -0.2) is 49.8 Å². The second-order valence-electron chi connectivity index (χ2n) is 5.14. The van der Waals surface area contributed by atoms with Gasteiger partial charge >= 0.3 is 0 Å². The van der Waals surface area contributed by atoms with Crippen molar-refractivity contribution in [3.05, 3.63) is 47.5 Å². The first-order valence-electron chi connectivity index (χ1n) is 6.38. The molecular weight excluding hydrogens is 252 g/mol. The number of carbonyl (C=O) groups is 2. The number of amides is 2. The van der Waals surface area contributed by atoms with E-state index in [9.17, 15) is 9.59 Å². The van der Waals surface area contributed by atoms with Crippen molar-refractivity contribution in [1.82, 2.24) is 9.80 Å². The van der Waals surface area contributed by atoms with Crippen molar-refractivity contribution in [3.63, 3.8) is 0 Å². The normalized spacial score (nSPS) is 10.4. The van der Waals surface area contributed by atoms with Gasteiger partial charge in [-0.05, 0) is 29.3 Å². The van der Waals surface area contributed by atoms with Gasteiger partial charge in [-0.3, -0.25) is 9.59 Å². The van der Waals surface area contributed by atoms with Crippen molar-refractivity contribution >= 4 is 11.8 Å². The zero-order chi connectivity index (χ0) is 14.9. The molecule has 0 saturated carbocycles. The van der Waals surface area contributed by atoms with Gasteiger partial charge < -0.3 is 9.80 Å². The third-order valence-corrected chi connectivity index (χ3v) is 3.19. The highest BCUT2D eigenvalue weighted by atomic mass is 16.2. The monoisotopic (exact) mass is 270 g/mol. The lowest BCUT2D eigenvalue weighted by molar-refractivity contribution is 0.0821. The Morgan fingerprint density at radius 2 is 1.30 bits per heavy atom. The van der Waals surface area contributed by atoms with Gasteiger partial charge in [-0.25, -0.2) is 0 Å². The van der Waals surface area contributed by atoms with Crippen LogP contribution in [0.5, 0.6) is 0 Å². The molecule has 0 aromatic carbocycles. The van der Waals surface area contributed by atoms with E-state index in [-0.39, 0.29) is 11.8 Å². The molecule has 2 aliphatic rings. The highest BCUT2D eigenvalue weighted by Gasteiger charge is 2.17. The number of fused-ring (bicyclic) bond motifs is 1. The van der Waals surface area contributed by atoms with Crippen LogP contribution in [0.15, 0.2) is 36.4 Å². The van der Waals surface area contributed by atoms with E-state index in [1.807, 2.05) is 24.3 Å². The summed E-state index contributed by atoms with van der Waals surface area (Å²) in [7, 11) is 6.89. The van der Waals surface area contributed by atoms with E-state index in [2.05, 4.69) is 0 Å². The van der Waals surface area contributed by atoms with Crippen LogP contribution in [0, 0.1) is 0 Å². The van der Waals surface area contributed by atoms with Crippen LogP contribution < -0.4 is 0 Å². The second-order valence-corrected chi connectivity index (χ2v) is 5.14. The van der Waals surface area contributed by atoms with Gasteiger partial charge in [0, 0.05) is 39.3 Å². The molecule has 104 valence electrons. The summed E-state index contributed by atoms with van der Waals surface area (Å²) >= 11 is 0. The fourth-order valence-corrected chi connectivity index (χ4v) is 2.08. The van der Waals surface area contributed by atoms with Crippen molar-refractivity contribution in [2.24, 2.45) is 0 Å². The van der Waals surface area contributed by atoms with Crippen LogP contribution in [0.1, 0.15) is 20.7 Å². The highest BCUT2D eigenvalue weighted by molar-refractivity contribution is 6.02. The first-order chi connectivity index (χ1) is 9.41. The van der Waals surface area contributed by atoms with Crippen molar-refractivity contribution < 1.29 is 9.59 Å². The van der Waals surface area contributed by atoms with Crippen molar-refractivity contribution in [1.29, 1.82) is 0 Å². The topological polar surface area (TPSA) is 40.6 Å². The Kier molecular flexibility index (Phi) is 3.74. The molecule has 4 heteroatoms. The molecular formula is C16H18N2O2. The fourth-order valence-electron chi connectivity index (χ4n) is 2.08. The minimum atomic E-state index is -0.0526. The lowest BCUT2D eigenvalue weighted by Crippen LogP contribution is -2.21. The minimum Gasteiger partial charge on any atom is -0.345 e. The van der Waals surface area contributed by atoms with E-state index >= 15 is 0 Å². The Labute approximate surface area is 118 Å². The number of hydrogen-bond acceptors (Lipinski definition) is 2. The molecule has 2 aliphatic carbocycles. The summed E-state index contributed by atoms with van der Waals surface area (Å²) in [5.74, 6) is -0.0881. The summed E-state index contributed by atoms with van der Waals surface area (Å²) in [5.41, 5.74) is 3.08. The number of carbonyl (C=O) groups excluding carboxylic acids is 2. The maximum absolute atomic E-state index is 12.1. The predicted molar refractivity (Wildman–Crippen MR) is 79.1 cm³/mol. The van der Waals surface area contributed by atoms with Gasteiger partial charge in [0.2, 0.25) is 0 Å². The van der Waals surface area contributed by atoms with Crippen molar-refractivity contribution in [2.45, 2.75) is 0 Å². The lowest BCUT2D eigenvalue weighted by atomic mass is 10.1. The molecule has 2 rings (SSSR count). The van der Waals surface area contributed by atoms with Crippen molar-refractivity contribution in [3.8, 4) is 11.1 Å². The zero-order valence-electron chi connectivity index (χ0n) is 12.2. The van der Waals surface area contributed by atoms with Crippen LogP contribution in [-0.2, 0) is 0 Å². The first kappa shape index (κ1) is 14.1. The van der Waals surface area contributed by atoms with Gasteiger partial charge in [0.05, 0.1) is 0 Å². The van der Waals surface area contributed by atoms with E-state index in [0.29, 0.717) is 11.1 Å². The minimum absolute atomic E-state index is 0.0355. The molecule has 20 heavy (non-hydrogen) atoms. The van der Waals surface area contributed by atoms with Crippen LogP contribution in [0.4, 0.5) is 0 Å². The van der Waals surface area contributed by atoms with Gasteiger partial charge in [0.15, 0.2) is 0 Å². The highest BCUT2D eigenvalue weighted by Crippen LogP contribution is 2.28. The smallest absolute Gasteiger partial charge is 0.253 e. The maximum Gasteiger partial charge on any atom is 0.253 e. The number of rotatable bonds is 2. The van der Waals surface area contributed by atoms with Crippen LogP contribution >= 0.6 is 0 Å². The Bertz CT molecular complexity index is 632. The summed E-state index contributed by atoms with van der Waals surface area (Å²) in [5, 5.41) is 0. The third kappa shape index (κ3) is 2.50. The maximum atomic E-state index is 12.1. The second kappa shape index (κ2) is 5.33. The van der Waals surface area contributed by atoms with Gasteiger partial charge in [-0.2, -0.15) is 0 Å². The molecule has 0 radical (unpaired) electrons. The molecule has 0 fully saturated rings. The molecule has 0 atom stereocenters. The molecule has 0 heterocycles. The summed E-state index contributed by atoms with van der Waals surface area (Å²) in [6.45, 7) is 0. The molecule has 4 nitrogen and oxygen atoms in total. The van der Waals surface area contributed by atoms with Gasteiger partial charge in [0.25, 0.3) is 11.8 Å². The molecule has 0 spiro atoms. The fraction of sp³-hybridized carbons (Fsp3) is 0.250. The Morgan fingerprint density at radius 3 is 1.90 bits per heavy atom. The molecule has 2 amide bonds. The summed E-state index contributed by atoms with van der Waals surface area (Å²) in [6, 6.07) is 11.0. The van der Waals surface area contributed by atoms with Gasteiger partial charge in [-0.15, -0.1) is 0 Å². The third-order valence-electron chi connectivity index (χ3n) is 3.19. The first-order valence-corrected chi connectivity index (χ1v) is 6.38. The van der Waals surface area contributed by atoms with Crippen LogP contribution in [0.2, 0.25) is 0 Å². The largest absolute Gasteiger partial charge is 0.345 e. The standard InChI is InChI=1S/C16H18N2O2/c1-17(2)15(19)12-6-5-11-7-10-14(13(11)9-8-12)16(20)18(3)4/h5-10H,1-4H3. The molecule has 0 N–H and O–H groups in total. The quantitative estimate of drug-likeness (QED) is 0.839. The Morgan fingerprint density at radius 1 is 0.750 bits per heavy atom. The summed E-state index contributed by atoms with van der Waals surface area (Å²) in [4.78, 5) is 27.1. The zero-order valence-corrected chi connectivity index (χ0v) is 12.2. The van der Waals surface area contributed by atoms with E-state index in [1.54, 1.807) is 45.2 Å². The summed E-state index contributed by atoms with van der Waals surface area (Å²) in [6.07, 6.45) is 0. The summed E-state index contributed by atoms with van der Waals surface area (Å²) < 4.78 is 0. The van der Waals surface area contributed by atoms with Gasteiger partial charge in [-0.1, -0.05) is 18.2 Å². The van der Waals surface area contributed by atoms with E-state index < -0.39 is 0 Å². The average molecular weight is 270 g/mol. The Balaban J connectivity index is 2.50. The van der Waals surface area contributed by atoms with E-state index in [4.69, 9.17) is 0 Å². The van der Waals surface area contributed by atoms with Gasteiger partial charge in [0.1, 0.15) is 0 Å². The average Bonchev–Trinajstić information content (AvgIpc) is 2.68. The molecule has 0 unspecified atom stereocenters. The molecule has 0 saturated heterocycles.